The molecule has 1 aromatic carbocycles. The van der Waals surface area contributed by atoms with Crippen molar-refractivity contribution in [2.45, 2.75) is 31.7 Å². The Morgan fingerprint density at radius 3 is 2.78 bits per heavy atom. The molecule has 1 saturated heterocycles. The van der Waals surface area contributed by atoms with Gasteiger partial charge < -0.3 is 10.2 Å². The Labute approximate surface area is 134 Å². The number of hydrogen-bond donors (Lipinski definition) is 1. The maximum atomic E-state index is 12.6. The fourth-order valence-electron chi connectivity index (χ4n) is 3.61. The van der Waals surface area contributed by atoms with Crippen LogP contribution in [0.5, 0.6) is 0 Å². The fourth-order valence-corrected chi connectivity index (χ4v) is 3.61. The van der Waals surface area contributed by atoms with Gasteiger partial charge >= 0.3 is 6.03 Å². The van der Waals surface area contributed by atoms with Crippen LogP contribution in [0.2, 0.25) is 0 Å². The summed E-state index contributed by atoms with van der Waals surface area (Å²) in [7, 11) is 0. The SMILES string of the molecule is CC1(C2CC2)NC(=O)N(CC(=O)N2CCc3ccccc32)C1=O. The number of amides is 4. The van der Waals surface area contributed by atoms with E-state index in [0.717, 1.165) is 35.4 Å². The first kappa shape index (κ1) is 14.2. The molecule has 0 bridgehead atoms. The summed E-state index contributed by atoms with van der Waals surface area (Å²) in [5.41, 5.74) is 1.18. The van der Waals surface area contributed by atoms with Crippen molar-refractivity contribution in [3.05, 3.63) is 29.8 Å². The van der Waals surface area contributed by atoms with Crippen molar-refractivity contribution in [1.82, 2.24) is 10.2 Å². The molecule has 6 nitrogen and oxygen atoms in total. The van der Waals surface area contributed by atoms with Crippen LogP contribution in [0.15, 0.2) is 24.3 Å². The number of benzene rings is 1. The van der Waals surface area contributed by atoms with Gasteiger partial charge in [0.25, 0.3) is 5.91 Å². The molecule has 2 heterocycles. The second kappa shape index (κ2) is 4.81. The summed E-state index contributed by atoms with van der Waals surface area (Å²) in [5.74, 6) is -0.282. The lowest BCUT2D eigenvalue weighted by Gasteiger charge is -2.22. The molecule has 2 fully saturated rings. The van der Waals surface area contributed by atoms with Gasteiger partial charge in [0.15, 0.2) is 0 Å². The van der Waals surface area contributed by atoms with E-state index in [2.05, 4.69) is 5.32 Å². The number of hydrogen-bond acceptors (Lipinski definition) is 3. The Morgan fingerprint density at radius 1 is 1.30 bits per heavy atom. The molecular weight excluding hydrogens is 294 g/mol. The second-order valence-corrected chi connectivity index (χ2v) is 6.72. The van der Waals surface area contributed by atoms with Gasteiger partial charge in [0.1, 0.15) is 12.1 Å². The Balaban J connectivity index is 1.51. The van der Waals surface area contributed by atoms with Gasteiger partial charge in [-0.2, -0.15) is 0 Å². The summed E-state index contributed by atoms with van der Waals surface area (Å²) in [6.45, 7) is 2.17. The number of para-hydroxylation sites is 1. The molecule has 1 aliphatic carbocycles. The minimum Gasteiger partial charge on any atom is -0.323 e. The van der Waals surface area contributed by atoms with E-state index in [9.17, 15) is 14.4 Å². The van der Waals surface area contributed by atoms with E-state index in [0.29, 0.717) is 6.54 Å². The first-order valence-electron chi connectivity index (χ1n) is 8.03. The molecular formula is C17H19N3O3. The number of rotatable bonds is 3. The molecule has 0 aromatic heterocycles. The van der Waals surface area contributed by atoms with Crippen molar-refractivity contribution in [3.63, 3.8) is 0 Å². The van der Waals surface area contributed by atoms with E-state index in [1.807, 2.05) is 24.3 Å². The molecule has 0 spiro atoms. The lowest BCUT2D eigenvalue weighted by Crippen LogP contribution is -2.47. The molecule has 1 unspecified atom stereocenters. The predicted octanol–water partition coefficient (Wildman–Crippen LogP) is 1.30. The molecule has 1 atom stereocenters. The molecule has 0 radical (unpaired) electrons. The first-order chi connectivity index (χ1) is 11.0. The van der Waals surface area contributed by atoms with E-state index in [1.165, 1.54) is 0 Å². The van der Waals surface area contributed by atoms with Crippen LogP contribution in [0.4, 0.5) is 10.5 Å². The highest BCUT2D eigenvalue weighted by molar-refractivity contribution is 6.10. The molecule has 4 amide bonds. The number of anilines is 1. The Morgan fingerprint density at radius 2 is 2.04 bits per heavy atom. The Bertz CT molecular complexity index is 713. The van der Waals surface area contributed by atoms with Crippen molar-refractivity contribution < 1.29 is 14.4 Å². The zero-order chi connectivity index (χ0) is 16.2. The van der Waals surface area contributed by atoms with Crippen LogP contribution in [0, 0.1) is 5.92 Å². The Kier molecular flexibility index (Phi) is 2.98. The molecule has 23 heavy (non-hydrogen) atoms. The summed E-state index contributed by atoms with van der Waals surface area (Å²) in [5, 5.41) is 2.77. The maximum Gasteiger partial charge on any atom is 0.325 e. The highest BCUT2D eigenvalue weighted by Gasteiger charge is 2.56. The quantitative estimate of drug-likeness (QED) is 0.855. The molecule has 4 rings (SSSR count). The van der Waals surface area contributed by atoms with E-state index in [4.69, 9.17) is 0 Å². The van der Waals surface area contributed by atoms with Gasteiger partial charge in [0.05, 0.1) is 0 Å². The highest BCUT2D eigenvalue weighted by atomic mass is 16.2. The van der Waals surface area contributed by atoms with Gasteiger partial charge in [-0.05, 0) is 43.7 Å². The summed E-state index contributed by atoms with van der Waals surface area (Å²) in [6.07, 6.45) is 2.70. The molecule has 1 N–H and O–H groups in total. The summed E-state index contributed by atoms with van der Waals surface area (Å²) in [4.78, 5) is 40.1. The monoisotopic (exact) mass is 313 g/mol. The molecule has 1 aromatic rings. The molecule has 120 valence electrons. The van der Waals surface area contributed by atoms with E-state index < -0.39 is 11.6 Å². The topological polar surface area (TPSA) is 69.7 Å². The van der Waals surface area contributed by atoms with Crippen LogP contribution >= 0.6 is 0 Å². The van der Waals surface area contributed by atoms with Crippen LogP contribution in [-0.2, 0) is 16.0 Å². The third-order valence-corrected chi connectivity index (χ3v) is 5.18. The standard InChI is InChI=1S/C17H19N3O3/c1-17(12-6-7-12)15(22)20(16(23)18-17)10-14(21)19-9-8-11-4-2-3-5-13(11)19/h2-5,12H,6-10H2,1H3,(H,18,23). The summed E-state index contributed by atoms with van der Waals surface area (Å²) < 4.78 is 0. The van der Waals surface area contributed by atoms with Crippen LogP contribution in [0.1, 0.15) is 25.3 Å². The van der Waals surface area contributed by atoms with Crippen molar-refractivity contribution >= 4 is 23.5 Å². The molecule has 2 aliphatic heterocycles. The zero-order valence-electron chi connectivity index (χ0n) is 13.0. The maximum absolute atomic E-state index is 12.6. The average molecular weight is 313 g/mol. The third kappa shape index (κ3) is 2.12. The normalized spacial score (nSPS) is 26.5. The van der Waals surface area contributed by atoms with Gasteiger partial charge in [0.2, 0.25) is 5.91 Å². The second-order valence-electron chi connectivity index (χ2n) is 6.72. The predicted molar refractivity (Wildman–Crippen MR) is 83.9 cm³/mol. The van der Waals surface area contributed by atoms with E-state index in [1.54, 1.807) is 11.8 Å². The molecule has 6 heteroatoms. The molecule has 1 saturated carbocycles. The van der Waals surface area contributed by atoms with Crippen LogP contribution < -0.4 is 10.2 Å². The number of carbonyl (C=O) groups is 3. The number of fused-ring (bicyclic) bond motifs is 1. The summed E-state index contributed by atoms with van der Waals surface area (Å²) in [6, 6.07) is 7.29. The van der Waals surface area contributed by atoms with Gasteiger partial charge in [0, 0.05) is 12.2 Å². The number of imide groups is 1. The Hall–Kier alpha value is -2.37. The number of urea groups is 1. The average Bonchev–Trinajstić information content (AvgIpc) is 3.27. The lowest BCUT2D eigenvalue weighted by molar-refractivity contribution is -0.134. The van der Waals surface area contributed by atoms with Gasteiger partial charge in [-0.3, -0.25) is 14.5 Å². The minimum absolute atomic E-state index is 0.193. The highest BCUT2D eigenvalue weighted by Crippen LogP contribution is 2.42. The number of nitrogens with zero attached hydrogens (tertiary/aromatic N) is 2. The van der Waals surface area contributed by atoms with Crippen molar-refractivity contribution in [3.8, 4) is 0 Å². The van der Waals surface area contributed by atoms with Crippen LogP contribution in [0.3, 0.4) is 0 Å². The zero-order valence-corrected chi connectivity index (χ0v) is 13.0. The van der Waals surface area contributed by atoms with Crippen LogP contribution in [-0.4, -0.2) is 41.4 Å². The van der Waals surface area contributed by atoms with Crippen molar-refractivity contribution in [2.24, 2.45) is 5.92 Å². The smallest absolute Gasteiger partial charge is 0.323 e. The first-order valence-corrected chi connectivity index (χ1v) is 8.03. The third-order valence-electron chi connectivity index (χ3n) is 5.18. The number of carbonyl (C=O) groups excluding carboxylic acids is 3. The van der Waals surface area contributed by atoms with Crippen molar-refractivity contribution in [1.29, 1.82) is 0 Å². The fraction of sp³-hybridized carbons (Fsp3) is 0.471. The van der Waals surface area contributed by atoms with Gasteiger partial charge in [-0.1, -0.05) is 18.2 Å². The van der Waals surface area contributed by atoms with Crippen LogP contribution in [0.25, 0.3) is 0 Å². The van der Waals surface area contributed by atoms with Crippen molar-refractivity contribution in [2.75, 3.05) is 18.0 Å². The summed E-state index contributed by atoms with van der Waals surface area (Å²) >= 11 is 0. The van der Waals surface area contributed by atoms with Gasteiger partial charge in [-0.15, -0.1) is 0 Å². The largest absolute Gasteiger partial charge is 0.325 e. The van der Waals surface area contributed by atoms with Gasteiger partial charge in [-0.25, -0.2) is 4.79 Å². The lowest BCUT2D eigenvalue weighted by atomic mass is 9.96. The number of nitrogens with one attached hydrogen (secondary N) is 1. The minimum atomic E-state index is -0.833. The van der Waals surface area contributed by atoms with E-state index >= 15 is 0 Å². The van der Waals surface area contributed by atoms with E-state index in [-0.39, 0.29) is 24.3 Å². The molecule has 3 aliphatic rings.